The van der Waals surface area contributed by atoms with Gasteiger partial charge in [-0.2, -0.15) is 0 Å². The predicted molar refractivity (Wildman–Crippen MR) is 86.0 cm³/mol. The van der Waals surface area contributed by atoms with E-state index in [9.17, 15) is 22.6 Å². The molecule has 4 rings (SSSR count). The number of rotatable bonds is 1. The van der Waals surface area contributed by atoms with Crippen molar-refractivity contribution in [2.24, 2.45) is 7.05 Å². The first-order valence-electron chi connectivity index (χ1n) is 7.08. The summed E-state index contributed by atoms with van der Waals surface area (Å²) >= 11 is 0. The Balaban J connectivity index is 0.00000182. The van der Waals surface area contributed by atoms with Crippen LogP contribution < -0.4 is 35.1 Å². The summed E-state index contributed by atoms with van der Waals surface area (Å²) < 4.78 is 36.5. The van der Waals surface area contributed by atoms with Crippen LogP contribution in [0.15, 0.2) is 52.2 Å². The number of aryl methyl sites for hydroxylation is 1. The molecule has 0 amide bonds. The van der Waals surface area contributed by atoms with Gasteiger partial charge in [0.2, 0.25) is 0 Å². The SMILES string of the molecule is Cn1c(=O)c(S(=O)(=O)[O-])c2c3c(cccc31)C(=O)c1ccccc1-2.[Na+]. The van der Waals surface area contributed by atoms with E-state index in [0.29, 0.717) is 16.5 Å². The summed E-state index contributed by atoms with van der Waals surface area (Å²) in [6.45, 7) is 0. The molecule has 120 valence electrons. The van der Waals surface area contributed by atoms with Crippen molar-refractivity contribution in [3.63, 3.8) is 0 Å². The molecule has 2 aromatic carbocycles. The van der Waals surface area contributed by atoms with Crippen molar-refractivity contribution in [3.05, 3.63) is 63.9 Å². The van der Waals surface area contributed by atoms with Gasteiger partial charge in [-0.25, -0.2) is 8.42 Å². The number of carbonyl (C=O) groups is 1. The van der Waals surface area contributed by atoms with Gasteiger partial charge >= 0.3 is 29.6 Å². The van der Waals surface area contributed by atoms with Crippen LogP contribution in [0.25, 0.3) is 22.0 Å². The molecule has 0 atom stereocenters. The molecule has 1 aliphatic carbocycles. The smallest absolute Gasteiger partial charge is 0.744 e. The van der Waals surface area contributed by atoms with Crippen LogP contribution >= 0.6 is 0 Å². The molecule has 0 radical (unpaired) electrons. The standard InChI is InChI=1S/C17H11NO5S.Na/c1-18-12-8-4-7-11-13(12)14(16(17(18)20)24(21,22)23)9-5-2-3-6-10(9)15(11)19;/h2-8H,1H3,(H,21,22,23);/q;+1/p-1. The molecule has 3 aromatic rings. The maximum atomic E-state index is 12.7. The Hall–Kier alpha value is -1.77. The van der Waals surface area contributed by atoms with Gasteiger partial charge in [0.25, 0.3) is 5.56 Å². The van der Waals surface area contributed by atoms with Crippen molar-refractivity contribution in [1.29, 1.82) is 0 Å². The van der Waals surface area contributed by atoms with Crippen LogP contribution in [0.5, 0.6) is 0 Å². The number of carbonyl (C=O) groups excluding carboxylic acids is 1. The third kappa shape index (κ3) is 2.43. The molecule has 0 saturated heterocycles. The number of hydrogen-bond acceptors (Lipinski definition) is 5. The molecule has 0 bridgehead atoms. The van der Waals surface area contributed by atoms with Crippen molar-refractivity contribution in [2.75, 3.05) is 0 Å². The molecule has 1 aliphatic rings. The topological polar surface area (TPSA) is 96.3 Å². The molecule has 0 N–H and O–H groups in total. The fourth-order valence-electron chi connectivity index (χ4n) is 3.29. The van der Waals surface area contributed by atoms with Gasteiger partial charge in [-0.1, -0.05) is 36.4 Å². The minimum atomic E-state index is -5.03. The second-order valence-electron chi connectivity index (χ2n) is 5.60. The Morgan fingerprint density at radius 3 is 2.16 bits per heavy atom. The van der Waals surface area contributed by atoms with Gasteiger partial charge in [-0.05, 0) is 11.6 Å². The molecule has 0 unspecified atom stereocenters. The van der Waals surface area contributed by atoms with Gasteiger partial charge in [-0.3, -0.25) is 9.59 Å². The third-order valence-corrected chi connectivity index (χ3v) is 5.19. The van der Waals surface area contributed by atoms with Crippen LogP contribution in [-0.2, 0) is 17.2 Å². The second kappa shape index (κ2) is 5.89. The Labute approximate surface area is 165 Å². The zero-order valence-corrected chi connectivity index (χ0v) is 16.3. The van der Waals surface area contributed by atoms with E-state index >= 15 is 0 Å². The molecule has 0 fully saturated rings. The van der Waals surface area contributed by atoms with Gasteiger partial charge in [-0.15, -0.1) is 0 Å². The van der Waals surface area contributed by atoms with Crippen LogP contribution in [0.2, 0.25) is 0 Å². The normalized spacial score (nSPS) is 12.6. The fraction of sp³-hybridized carbons (Fsp3) is 0.0588. The first-order valence-corrected chi connectivity index (χ1v) is 8.49. The number of benzene rings is 2. The summed E-state index contributed by atoms with van der Waals surface area (Å²) in [4.78, 5) is 24.5. The molecule has 25 heavy (non-hydrogen) atoms. The monoisotopic (exact) mass is 363 g/mol. The summed E-state index contributed by atoms with van der Waals surface area (Å²) in [6, 6.07) is 11.2. The Bertz CT molecular complexity index is 1230. The van der Waals surface area contributed by atoms with Crippen molar-refractivity contribution >= 4 is 26.8 Å². The Kier molecular flexibility index (Phi) is 4.25. The summed E-state index contributed by atoms with van der Waals surface area (Å²) in [6.07, 6.45) is 0. The van der Waals surface area contributed by atoms with Crippen LogP contribution in [-0.4, -0.2) is 23.3 Å². The second-order valence-corrected chi connectivity index (χ2v) is 6.91. The number of fused-ring (bicyclic) bond motifs is 2. The number of pyridine rings is 1. The molecule has 1 heterocycles. The van der Waals surface area contributed by atoms with E-state index in [2.05, 4.69) is 0 Å². The quantitative estimate of drug-likeness (QED) is 0.308. The Morgan fingerprint density at radius 1 is 0.920 bits per heavy atom. The predicted octanol–water partition coefficient (Wildman–Crippen LogP) is -1.34. The average molecular weight is 363 g/mol. The first kappa shape index (κ1) is 18.0. The van der Waals surface area contributed by atoms with Crippen LogP contribution in [0.1, 0.15) is 15.9 Å². The number of hydrogen-bond donors (Lipinski definition) is 0. The molecule has 1 aromatic heterocycles. The number of aromatic nitrogens is 1. The first-order chi connectivity index (χ1) is 11.3. The zero-order valence-electron chi connectivity index (χ0n) is 13.4. The molecule has 0 spiro atoms. The van der Waals surface area contributed by atoms with E-state index < -0.39 is 20.6 Å². The van der Waals surface area contributed by atoms with E-state index in [1.54, 1.807) is 42.5 Å². The zero-order chi connectivity index (χ0) is 17.2. The largest absolute Gasteiger partial charge is 1.00 e. The maximum Gasteiger partial charge on any atom is 1.00 e. The van der Waals surface area contributed by atoms with Gasteiger partial charge in [0.15, 0.2) is 5.78 Å². The van der Waals surface area contributed by atoms with E-state index in [1.165, 1.54) is 7.05 Å². The van der Waals surface area contributed by atoms with Gasteiger partial charge in [0, 0.05) is 29.1 Å². The van der Waals surface area contributed by atoms with Crippen LogP contribution in [0.4, 0.5) is 0 Å². The van der Waals surface area contributed by atoms with Crippen molar-refractivity contribution < 1.29 is 47.3 Å². The summed E-state index contributed by atoms with van der Waals surface area (Å²) in [5.74, 6) is -0.267. The van der Waals surface area contributed by atoms with Gasteiger partial charge in [0.05, 0.1) is 5.52 Å². The third-order valence-electron chi connectivity index (χ3n) is 4.32. The summed E-state index contributed by atoms with van der Waals surface area (Å²) in [5, 5.41) is 0.317. The van der Waals surface area contributed by atoms with E-state index in [4.69, 9.17) is 0 Å². The molecule has 8 heteroatoms. The van der Waals surface area contributed by atoms with Crippen molar-refractivity contribution in [3.8, 4) is 11.1 Å². The summed E-state index contributed by atoms with van der Waals surface area (Å²) in [5.41, 5.74) is 0.376. The molecular formula is C17H10NNaO5S. The van der Waals surface area contributed by atoms with E-state index in [1.807, 2.05) is 0 Å². The molecular weight excluding hydrogens is 353 g/mol. The van der Waals surface area contributed by atoms with Gasteiger partial charge in [0.1, 0.15) is 15.0 Å². The van der Waals surface area contributed by atoms with Crippen LogP contribution in [0, 0.1) is 0 Å². The average Bonchev–Trinajstić information content (AvgIpc) is 2.55. The Morgan fingerprint density at radius 2 is 1.52 bits per heavy atom. The maximum absolute atomic E-state index is 12.7. The van der Waals surface area contributed by atoms with E-state index in [0.717, 1.165) is 4.57 Å². The van der Waals surface area contributed by atoms with Crippen LogP contribution in [0.3, 0.4) is 0 Å². The minimum Gasteiger partial charge on any atom is -0.744 e. The van der Waals surface area contributed by atoms with Crippen molar-refractivity contribution in [2.45, 2.75) is 4.90 Å². The van der Waals surface area contributed by atoms with E-state index in [-0.39, 0.29) is 52.0 Å². The fourth-order valence-corrected chi connectivity index (χ4v) is 4.10. The molecule has 0 aliphatic heterocycles. The summed E-state index contributed by atoms with van der Waals surface area (Å²) in [7, 11) is -3.65. The molecule has 0 saturated carbocycles. The number of ketones is 1. The van der Waals surface area contributed by atoms with Crippen molar-refractivity contribution in [1.82, 2.24) is 4.57 Å². The number of nitrogens with zero attached hydrogens (tertiary/aromatic N) is 1. The molecule has 6 nitrogen and oxygen atoms in total. The minimum absolute atomic E-state index is 0. The van der Waals surface area contributed by atoms with Gasteiger partial charge < -0.3 is 9.12 Å².